The second-order valence-electron chi connectivity index (χ2n) is 5.13. The number of benzene rings is 1. The van der Waals surface area contributed by atoms with Gasteiger partial charge in [-0.2, -0.15) is 0 Å². The molecule has 3 heteroatoms. The van der Waals surface area contributed by atoms with Gasteiger partial charge in [-0.15, -0.1) is 0 Å². The van der Waals surface area contributed by atoms with Gasteiger partial charge in [0.1, 0.15) is 0 Å². The zero-order chi connectivity index (χ0) is 13.1. The first kappa shape index (κ1) is 12.8. The summed E-state index contributed by atoms with van der Waals surface area (Å²) in [7, 11) is 0. The summed E-state index contributed by atoms with van der Waals surface area (Å²) in [5.74, 6) is -1.14. The van der Waals surface area contributed by atoms with Gasteiger partial charge in [0.25, 0.3) is 0 Å². The van der Waals surface area contributed by atoms with Crippen molar-refractivity contribution in [3.63, 3.8) is 0 Å². The Balaban J connectivity index is 2.09. The van der Waals surface area contributed by atoms with Gasteiger partial charge in [0.15, 0.2) is 5.78 Å². The number of aryl methyl sites for hydroxylation is 1. The van der Waals surface area contributed by atoms with Gasteiger partial charge < -0.3 is 5.11 Å². The minimum absolute atomic E-state index is 0.0981. The summed E-state index contributed by atoms with van der Waals surface area (Å²) in [6.45, 7) is 1.98. The van der Waals surface area contributed by atoms with E-state index in [0.29, 0.717) is 18.4 Å². The number of hydrogen-bond donors (Lipinski definition) is 1. The lowest BCUT2D eigenvalue weighted by Gasteiger charge is -2.25. The van der Waals surface area contributed by atoms with E-state index in [1.54, 1.807) is 0 Å². The Morgan fingerprint density at radius 3 is 2.33 bits per heavy atom. The number of ketones is 1. The molecule has 0 heterocycles. The van der Waals surface area contributed by atoms with Crippen LogP contribution >= 0.6 is 0 Å². The highest BCUT2D eigenvalue weighted by Crippen LogP contribution is 2.31. The fourth-order valence-corrected chi connectivity index (χ4v) is 2.61. The molecule has 0 spiro atoms. The molecule has 0 bridgehead atoms. The number of carbonyl (C=O) groups is 2. The average Bonchev–Trinajstić information content (AvgIpc) is 2.39. The fraction of sp³-hybridized carbons (Fsp3) is 0.467. The SMILES string of the molecule is Cc1ccc(C(=O)[C@@H]2CCC[C@H](C(=O)O)C2)cc1. The molecule has 1 fully saturated rings. The van der Waals surface area contributed by atoms with Crippen molar-refractivity contribution in [2.75, 3.05) is 0 Å². The number of Topliss-reactive ketones (excluding diaryl/α,β-unsaturated/α-hetero) is 1. The van der Waals surface area contributed by atoms with E-state index < -0.39 is 5.97 Å². The standard InChI is InChI=1S/C15H18O3/c1-10-5-7-11(8-6-10)14(16)12-3-2-4-13(9-12)15(17)18/h5-8,12-13H,2-4,9H2,1H3,(H,17,18)/t12-,13+/m1/s1. The molecule has 1 saturated carbocycles. The first-order valence-corrected chi connectivity index (χ1v) is 6.41. The summed E-state index contributed by atoms with van der Waals surface area (Å²) in [5.41, 5.74) is 1.83. The van der Waals surface area contributed by atoms with Crippen molar-refractivity contribution < 1.29 is 14.7 Å². The first-order valence-electron chi connectivity index (χ1n) is 6.41. The summed E-state index contributed by atoms with van der Waals surface area (Å²) < 4.78 is 0. The van der Waals surface area contributed by atoms with Crippen molar-refractivity contribution in [2.45, 2.75) is 32.6 Å². The van der Waals surface area contributed by atoms with Gasteiger partial charge in [0.2, 0.25) is 0 Å². The second kappa shape index (κ2) is 5.34. The van der Waals surface area contributed by atoms with Crippen LogP contribution in [0.25, 0.3) is 0 Å². The van der Waals surface area contributed by atoms with Crippen LogP contribution in [0.3, 0.4) is 0 Å². The van der Waals surface area contributed by atoms with Crippen LogP contribution in [0.4, 0.5) is 0 Å². The van der Waals surface area contributed by atoms with Gasteiger partial charge >= 0.3 is 5.97 Å². The van der Waals surface area contributed by atoms with Crippen LogP contribution in [0.2, 0.25) is 0 Å². The molecule has 2 rings (SSSR count). The molecule has 0 saturated heterocycles. The molecule has 0 unspecified atom stereocenters. The quantitative estimate of drug-likeness (QED) is 0.834. The molecule has 18 heavy (non-hydrogen) atoms. The van der Waals surface area contributed by atoms with Crippen molar-refractivity contribution in [1.82, 2.24) is 0 Å². The minimum Gasteiger partial charge on any atom is -0.481 e. The van der Waals surface area contributed by atoms with Crippen molar-refractivity contribution in [1.29, 1.82) is 0 Å². The van der Waals surface area contributed by atoms with E-state index >= 15 is 0 Å². The van der Waals surface area contributed by atoms with E-state index in [1.165, 1.54) is 0 Å². The monoisotopic (exact) mass is 246 g/mol. The zero-order valence-corrected chi connectivity index (χ0v) is 10.6. The maximum absolute atomic E-state index is 12.3. The van der Waals surface area contributed by atoms with Crippen molar-refractivity contribution in [2.24, 2.45) is 11.8 Å². The van der Waals surface area contributed by atoms with E-state index in [9.17, 15) is 9.59 Å². The van der Waals surface area contributed by atoms with Crippen molar-refractivity contribution >= 4 is 11.8 Å². The van der Waals surface area contributed by atoms with Gasteiger partial charge in [-0.25, -0.2) is 0 Å². The van der Waals surface area contributed by atoms with Crippen LogP contribution < -0.4 is 0 Å². The van der Waals surface area contributed by atoms with E-state index in [2.05, 4.69) is 0 Å². The number of carboxylic acids is 1. The van der Waals surface area contributed by atoms with Crippen LogP contribution in [0.15, 0.2) is 24.3 Å². The summed E-state index contributed by atoms with van der Waals surface area (Å²) in [6.07, 6.45) is 2.84. The maximum atomic E-state index is 12.3. The predicted octanol–water partition coefficient (Wildman–Crippen LogP) is 3.07. The lowest BCUT2D eigenvalue weighted by atomic mass is 9.78. The van der Waals surface area contributed by atoms with Crippen LogP contribution in [-0.2, 0) is 4.79 Å². The zero-order valence-electron chi connectivity index (χ0n) is 10.6. The van der Waals surface area contributed by atoms with Crippen molar-refractivity contribution in [3.8, 4) is 0 Å². The van der Waals surface area contributed by atoms with E-state index in [-0.39, 0.29) is 17.6 Å². The molecule has 0 aliphatic heterocycles. The third-order valence-corrected chi connectivity index (χ3v) is 3.73. The molecule has 3 nitrogen and oxygen atoms in total. The van der Waals surface area contributed by atoms with Crippen LogP contribution in [0.1, 0.15) is 41.6 Å². The van der Waals surface area contributed by atoms with Gasteiger partial charge in [-0.05, 0) is 26.2 Å². The highest BCUT2D eigenvalue weighted by Gasteiger charge is 2.31. The first-order chi connectivity index (χ1) is 8.58. The highest BCUT2D eigenvalue weighted by atomic mass is 16.4. The summed E-state index contributed by atoms with van der Waals surface area (Å²) in [4.78, 5) is 23.3. The molecule has 1 N–H and O–H groups in total. The Morgan fingerprint density at radius 2 is 1.72 bits per heavy atom. The van der Waals surface area contributed by atoms with Gasteiger partial charge in [-0.1, -0.05) is 36.2 Å². The van der Waals surface area contributed by atoms with Gasteiger partial charge in [0.05, 0.1) is 5.92 Å². The Labute approximate surface area is 107 Å². The van der Waals surface area contributed by atoms with Crippen LogP contribution in [0.5, 0.6) is 0 Å². The minimum atomic E-state index is -0.767. The molecule has 0 amide bonds. The number of carboxylic acid groups (broad SMARTS) is 1. The maximum Gasteiger partial charge on any atom is 0.306 e. The largest absolute Gasteiger partial charge is 0.481 e. The molecule has 2 atom stereocenters. The van der Waals surface area contributed by atoms with Gasteiger partial charge in [0, 0.05) is 11.5 Å². The summed E-state index contributed by atoms with van der Waals surface area (Å²) >= 11 is 0. The van der Waals surface area contributed by atoms with Crippen LogP contribution in [-0.4, -0.2) is 16.9 Å². The molecule has 0 radical (unpaired) electrons. The molecule has 1 aliphatic rings. The Hall–Kier alpha value is -1.64. The predicted molar refractivity (Wildman–Crippen MR) is 68.6 cm³/mol. The summed E-state index contributed by atoms with van der Waals surface area (Å²) in [5, 5.41) is 9.03. The molecule has 96 valence electrons. The highest BCUT2D eigenvalue weighted by molar-refractivity contribution is 5.98. The number of aliphatic carboxylic acids is 1. The lowest BCUT2D eigenvalue weighted by Crippen LogP contribution is -2.27. The smallest absolute Gasteiger partial charge is 0.306 e. The Morgan fingerprint density at radius 1 is 1.11 bits per heavy atom. The molecule has 1 aromatic carbocycles. The molecular weight excluding hydrogens is 228 g/mol. The van der Waals surface area contributed by atoms with E-state index in [1.807, 2.05) is 31.2 Å². The number of rotatable bonds is 3. The van der Waals surface area contributed by atoms with E-state index in [4.69, 9.17) is 5.11 Å². The fourth-order valence-electron chi connectivity index (χ4n) is 2.61. The number of carbonyl (C=O) groups excluding carboxylic acids is 1. The molecular formula is C15H18O3. The molecule has 1 aliphatic carbocycles. The average molecular weight is 246 g/mol. The third-order valence-electron chi connectivity index (χ3n) is 3.73. The molecule has 1 aromatic rings. The molecule has 0 aromatic heterocycles. The number of hydrogen-bond acceptors (Lipinski definition) is 2. The Bertz CT molecular complexity index is 447. The lowest BCUT2D eigenvalue weighted by molar-refractivity contribution is -0.143. The second-order valence-corrected chi connectivity index (χ2v) is 5.13. The van der Waals surface area contributed by atoms with E-state index in [0.717, 1.165) is 18.4 Å². The normalized spacial score (nSPS) is 23.6. The summed E-state index contributed by atoms with van der Waals surface area (Å²) in [6, 6.07) is 7.51. The van der Waals surface area contributed by atoms with Gasteiger partial charge in [-0.3, -0.25) is 9.59 Å². The van der Waals surface area contributed by atoms with Crippen molar-refractivity contribution in [3.05, 3.63) is 35.4 Å². The topological polar surface area (TPSA) is 54.4 Å². The third kappa shape index (κ3) is 2.78. The van der Waals surface area contributed by atoms with Crippen LogP contribution in [0, 0.1) is 18.8 Å². The Kier molecular flexibility index (Phi) is 3.80.